The van der Waals surface area contributed by atoms with E-state index >= 15 is 0 Å². The molecule has 3 rings (SSSR count). The van der Waals surface area contributed by atoms with Crippen LogP contribution in [0.3, 0.4) is 0 Å². The number of amides is 2. The van der Waals surface area contributed by atoms with Crippen LogP contribution in [0, 0.1) is 5.92 Å². The number of nitrogens with one attached hydrogen (secondary N) is 1. The van der Waals surface area contributed by atoms with Gasteiger partial charge in [0.1, 0.15) is 11.9 Å². The molecule has 8 heteroatoms. The summed E-state index contributed by atoms with van der Waals surface area (Å²) in [5.74, 6) is -1.22. The van der Waals surface area contributed by atoms with Gasteiger partial charge in [-0.3, -0.25) is 14.9 Å². The Hall–Kier alpha value is -3.52. The highest BCUT2D eigenvalue weighted by Gasteiger charge is 2.27. The monoisotopic (exact) mass is 467 g/mol. The third-order valence-electron chi connectivity index (χ3n) is 5.21. The molecule has 2 N–H and O–H groups in total. The molecule has 0 aliphatic heterocycles. The van der Waals surface area contributed by atoms with Crippen LogP contribution in [0.15, 0.2) is 66.7 Å². The topological polar surface area (TPSA) is 102 Å². The minimum absolute atomic E-state index is 0.0269. The number of carbonyl (C=O) groups excluding carboxylic acids is 3. The Morgan fingerprint density at radius 2 is 1.64 bits per heavy atom. The van der Waals surface area contributed by atoms with Crippen LogP contribution in [0.25, 0.3) is 10.8 Å². The Bertz CT molecular complexity index is 1130. The van der Waals surface area contributed by atoms with E-state index in [1.165, 1.54) is 6.07 Å². The van der Waals surface area contributed by atoms with E-state index in [4.69, 9.17) is 9.47 Å². The SMILES string of the molecule is C[C@H](CCOC(=O)CS)[C@@H](OC(=O)NC(=O)c1ccccc1)c1ccc(O)c2ccccc12. The molecular weight excluding hydrogens is 442 g/mol. The Morgan fingerprint density at radius 1 is 0.970 bits per heavy atom. The van der Waals surface area contributed by atoms with Crippen LogP contribution in [0.2, 0.25) is 0 Å². The van der Waals surface area contributed by atoms with Crippen molar-refractivity contribution in [2.45, 2.75) is 19.4 Å². The summed E-state index contributed by atoms with van der Waals surface area (Å²) in [6.07, 6.45) is -1.27. The minimum Gasteiger partial charge on any atom is -0.507 e. The zero-order valence-corrected chi connectivity index (χ0v) is 19.0. The Kier molecular flexibility index (Phi) is 8.32. The maximum atomic E-state index is 12.6. The van der Waals surface area contributed by atoms with Crippen molar-refractivity contribution in [3.8, 4) is 5.75 Å². The molecule has 0 radical (unpaired) electrons. The summed E-state index contributed by atoms with van der Waals surface area (Å²) < 4.78 is 10.8. The van der Waals surface area contributed by atoms with Crippen molar-refractivity contribution in [3.05, 3.63) is 77.9 Å². The molecule has 0 fully saturated rings. The van der Waals surface area contributed by atoms with Crippen LogP contribution in [0.1, 0.15) is 35.4 Å². The molecule has 33 heavy (non-hydrogen) atoms. The number of hydrogen-bond donors (Lipinski definition) is 3. The summed E-state index contributed by atoms with van der Waals surface area (Å²) >= 11 is 3.89. The number of benzene rings is 3. The second-order valence-electron chi connectivity index (χ2n) is 7.51. The first-order chi connectivity index (χ1) is 15.9. The number of phenols is 1. The van der Waals surface area contributed by atoms with Gasteiger partial charge in [0.2, 0.25) is 0 Å². The highest BCUT2D eigenvalue weighted by atomic mass is 32.1. The predicted molar refractivity (Wildman–Crippen MR) is 127 cm³/mol. The highest BCUT2D eigenvalue weighted by Crippen LogP contribution is 2.36. The molecule has 0 spiro atoms. The number of imide groups is 1. The van der Waals surface area contributed by atoms with Gasteiger partial charge in [-0.2, -0.15) is 12.6 Å². The summed E-state index contributed by atoms with van der Waals surface area (Å²) in [5.41, 5.74) is 0.992. The Labute approximate surface area is 197 Å². The van der Waals surface area contributed by atoms with Gasteiger partial charge in [-0.05, 0) is 30.0 Å². The van der Waals surface area contributed by atoms with E-state index < -0.39 is 24.1 Å². The second-order valence-corrected chi connectivity index (χ2v) is 7.83. The predicted octanol–water partition coefficient (Wildman–Crippen LogP) is 4.65. The zero-order chi connectivity index (χ0) is 23.8. The zero-order valence-electron chi connectivity index (χ0n) is 18.1. The fourth-order valence-corrected chi connectivity index (χ4v) is 3.59. The largest absolute Gasteiger partial charge is 0.507 e. The molecule has 0 aliphatic rings. The average Bonchev–Trinajstić information content (AvgIpc) is 2.83. The van der Waals surface area contributed by atoms with Crippen molar-refractivity contribution in [1.29, 1.82) is 0 Å². The van der Waals surface area contributed by atoms with Crippen molar-refractivity contribution in [2.75, 3.05) is 12.4 Å². The van der Waals surface area contributed by atoms with E-state index in [0.717, 1.165) is 0 Å². The Morgan fingerprint density at radius 3 is 2.33 bits per heavy atom. The van der Waals surface area contributed by atoms with Gasteiger partial charge in [-0.25, -0.2) is 4.79 Å². The quantitative estimate of drug-likeness (QED) is 0.329. The van der Waals surface area contributed by atoms with Gasteiger partial charge in [-0.1, -0.05) is 55.5 Å². The number of phenolic OH excluding ortho intramolecular Hbond substituents is 1. The lowest BCUT2D eigenvalue weighted by Crippen LogP contribution is -2.33. The third-order valence-corrected chi connectivity index (χ3v) is 5.47. The smallest absolute Gasteiger partial charge is 0.414 e. The first kappa shape index (κ1) is 24.1. The van der Waals surface area contributed by atoms with Gasteiger partial charge >= 0.3 is 12.1 Å². The molecule has 0 saturated heterocycles. The maximum Gasteiger partial charge on any atom is 0.414 e. The van der Waals surface area contributed by atoms with Crippen LogP contribution in [-0.4, -0.2) is 35.4 Å². The number of aromatic hydroxyl groups is 1. The number of alkyl carbamates (subject to hydrolysis) is 1. The summed E-state index contributed by atoms with van der Waals surface area (Å²) in [6.45, 7) is 1.98. The minimum atomic E-state index is -0.898. The number of rotatable bonds is 8. The van der Waals surface area contributed by atoms with E-state index in [-0.39, 0.29) is 24.0 Å². The standard InChI is InChI=1S/C25H25NO6S/c1-16(13-14-31-22(28)15-33)23(20-11-12-21(27)19-10-6-5-9-18(19)20)32-25(30)26-24(29)17-7-3-2-4-8-17/h2-12,16,23,27,33H,13-15H2,1H3,(H,26,29,30)/t16-,23-/m1/s1. The average molecular weight is 468 g/mol. The molecule has 0 aromatic heterocycles. The molecule has 0 saturated carbocycles. The van der Waals surface area contributed by atoms with Gasteiger partial charge in [-0.15, -0.1) is 0 Å². The molecule has 2 amide bonds. The third kappa shape index (κ3) is 6.26. The normalized spacial score (nSPS) is 12.5. The molecule has 0 unspecified atom stereocenters. The lowest BCUT2D eigenvalue weighted by atomic mass is 9.90. The second kappa shape index (κ2) is 11.4. The van der Waals surface area contributed by atoms with E-state index in [2.05, 4.69) is 17.9 Å². The summed E-state index contributed by atoms with van der Waals surface area (Å²) in [5, 5.41) is 13.8. The molecule has 0 bridgehead atoms. The number of esters is 1. The van der Waals surface area contributed by atoms with Gasteiger partial charge in [0, 0.05) is 22.4 Å². The van der Waals surface area contributed by atoms with Gasteiger partial charge < -0.3 is 14.6 Å². The van der Waals surface area contributed by atoms with Crippen LogP contribution < -0.4 is 5.32 Å². The lowest BCUT2D eigenvalue weighted by Gasteiger charge is -2.26. The highest BCUT2D eigenvalue weighted by molar-refractivity contribution is 7.81. The van der Waals surface area contributed by atoms with Crippen molar-refractivity contribution >= 4 is 41.4 Å². The molecule has 2 atom stereocenters. The van der Waals surface area contributed by atoms with Crippen LogP contribution in [0.5, 0.6) is 5.75 Å². The summed E-state index contributed by atoms with van der Waals surface area (Å²) in [7, 11) is 0. The molecule has 3 aromatic rings. The van der Waals surface area contributed by atoms with E-state index in [0.29, 0.717) is 28.3 Å². The summed E-state index contributed by atoms with van der Waals surface area (Å²) in [4.78, 5) is 36.4. The van der Waals surface area contributed by atoms with Gasteiger partial charge in [0.25, 0.3) is 5.91 Å². The molecule has 0 heterocycles. The maximum absolute atomic E-state index is 12.6. The fourth-order valence-electron chi connectivity index (χ4n) is 3.50. The summed E-state index contributed by atoms with van der Waals surface area (Å²) in [6, 6.07) is 18.8. The fraction of sp³-hybridized carbons (Fsp3) is 0.240. The number of carbonyl (C=O) groups is 3. The number of fused-ring (bicyclic) bond motifs is 1. The molecule has 172 valence electrons. The van der Waals surface area contributed by atoms with E-state index in [9.17, 15) is 19.5 Å². The number of ether oxygens (including phenoxy) is 2. The number of hydrogen-bond acceptors (Lipinski definition) is 7. The van der Waals surface area contributed by atoms with Crippen LogP contribution in [-0.2, 0) is 14.3 Å². The molecule has 0 aliphatic carbocycles. The first-order valence-corrected chi connectivity index (χ1v) is 11.1. The molecule has 3 aromatic carbocycles. The number of thiol groups is 1. The van der Waals surface area contributed by atoms with Gasteiger partial charge in [0.15, 0.2) is 0 Å². The van der Waals surface area contributed by atoms with Crippen LogP contribution >= 0.6 is 12.6 Å². The first-order valence-electron chi connectivity index (χ1n) is 10.4. The Balaban J connectivity index is 1.84. The molecular formula is C25H25NO6S. The van der Waals surface area contributed by atoms with Crippen molar-refractivity contribution in [2.24, 2.45) is 5.92 Å². The van der Waals surface area contributed by atoms with E-state index in [1.807, 2.05) is 19.1 Å². The van der Waals surface area contributed by atoms with E-state index in [1.54, 1.807) is 48.5 Å². The van der Waals surface area contributed by atoms with Crippen molar-refractivity contribution < 1.29 is 29.0 Å². The van der Waals surface area contributed by atoms with Crippen molar-refractivity contribution in [1.82, 2.24) is 5.32 Å². The van der Waals surface area contributed by atoms with Crippen molar-refractivity contribution in [3.63, 3.8) is 0 Å². The molecule has 7 nitrogen and oxygen atoms in total. The van der Waals surface area contributed by atoms with Gasteiger partial charge in [0.05, 0.1) is 12.4 Å². The van der Waals surface area contributed by atoms with Crippen LogP contribution in [0.4, 0.5) is 4.79 Å². The lowest BCUT2D eigenvalue weighted by molar-refractivity contribution is -0.141.